The van der Waals surface area contributed by atoms with Crippen molar-refractivity contribution in [1.29, 1.82) is 0 Å². The monoisotopic (exact) mass is 507 g/mol. The summed E-state index contributed by atoms with van der Waals surface area (Å²) in [6, 6.07) is 13.2. The van der Waals surface area contributed by atoms with Gasteiger partial charge in [-0.2, -0.15) is 0 Å². The number of rotatable bonds is 6. The molecule has 194 valence electrons. The second-order valence-corrected chi connectivity index (χ2v) is 12.0. The summed E-state index contributed by atoms with van der Waals surface area (Å²) >= 11 is 0. The van der Waals surface area contributed by atoms with E-state index in [1.807, 2.05) is 16.5 Å². The number of nitrogens with zero attached hydrogens (tertiary/aromatic N) is 5. The van der Waals surface area contributed by atoms with Crippen LogP contribution in [-0.2, 0) is 30.2 Å². The van der Waals surface area contributed by atoms with E-state index in [2.05, 4.69) is 57.7 Å². The fraction of sp³-hybridized carbons (Fsp3) is 0.452. The summed E-state index contributed by atoms with van der Waals surface area (Å²) in [5.41, 5.74) is 8.32. The van der Waals surface area contributed by atoms with Crippen molar-refractivity contribution < 1.29 is 9.53 Å². The van der Waals surface area contributed by atoms with E-state index in [4.69, 9.17) is 4.74 Å². The van der Waals surface area contributed by atoms with Crippen LogP contribution < -0.4 is 4.90 Å². The third kappa shape index (κ3) is 3.48. The first-order valence-corrected chi connectivity index (χ1v) is 14.0. The number of fused-ring (bicyclic) bond motifs is 3. The first kappa shape index (κ1) is 22.5. The number of aromatic nitrogens is 3. The van der Waals surface area contributed by atoms with E-state index in [0.29, 0.717) is 31.6 Å². The summed E-state index contributed by atoms with van der Waals surface area (Å²) in [5.74, 6) is 2.32. The van der Waals surface area contributed by atoms with Gasteiger partial charge in [-0.25, -0.2) is 0 Å². The number of hydrogen-bond donors (Lipinski definition) is 0. The molecule has 1 aromatic heterocycles. The van der Waals surface area contributed by atoms with Gasteiger partial charge in [0.1, 0.15) is 12.2 Å². The highest BCUT2D eigenvalue weighted by Crippen LogP contribution is 2.48. The lowest BCUT2D eigenvalue weighted by molar-refractivity contribution is -0.0611. The number of anilines is 1. The Hall–Kier alpha value is -3.45. The van der Waals surface area contributed by atoms with Gasteiger partial charge in [-0.05, 0) is 83.5 Å². The van der Waals surface area contributed by atoms with E-state index in [1.165, 1.54) is 66.6 Å². The first-order chi connectivity index (χ1) is 18.6. The number of benzene rings is 2. The molecule has 1 aliphatic carbocycles. The Morgan fingerprint density at radius 1 is 1.05 bits per heavy atom. The summed E-state index contributed by atoms with van der Waals surface area (Å²) in [4.78, 5) is 18.4. The van der Waals surface area contributed by atoms with Crippen LogP contribution in [0.25, 0.3) is 5.57 Å². The van der Waals surface area contributed by atoms with Gasteiger partial charge in [-0.1, -0.05) is 18.2 Å². The van der Waals surface area contributed by atoms with Crippen LogP contribution in [0.5, 0.6) is 0 Å². The number of carbonyl (C=O) groups excluding carboxylic acids is 1. The lowest BCUT2D eigenvalue weighted by Crippen LogP contribution is -2.49. The Bertz CT molecular complexity index is 1470. The van der Waals surface area contributed by atoms with Crippen LogP contribution in [0.15, 0.2) is 48.9 Å². The Morgan fingerprint density at radius 2 is 1.89 bits per heavy atom. The molecule has 9 rings (SSSR count). The van der Waals surface area contributed by atoms with E-state index >= 15 is 0 Å². The topological polar surface area (TPSA) is 63.5 Å². The molecule has 0 unspecified atom stereocenters. The fourth-order valence-electron chi connectivity index (χ4n) is 7.02. The molecule has 0 spiro atoms. The van der Waals surface area contributed by atoms with Crippen LogP contribution in [0.1, 0.15) is 70.0 Å². The number of piperidine rings is 1. The molecule has 1 amide bonds. The summed E-state index contributed by atoms with van der Waals surface area (Å²) < 4.78 is 7.69. The Labute approximate surface area is 223 Å². The van der Waals surface area contributed by atoms with Gasteiger partial charge >= 0.3 is 0 Å². The Balaban J connectivity index is 1.14. The average molecular weight is 508 g/mol. The maximum Gasteiger partial charge on any atom is 0.258 e. The largest absolute Gasteiger partial charge is 0.379 e. The third-order valence-corrected chi connectivity index (χ3v) is 9.55. The molecular weight excluding hydrogens is 474 g/mol. The van der Waals surface area contributed by atoms with Crippen LogP contribution in [-0.4, -0.2) is 51.9 Å². The van der Waals surface area contributed by atoms with E-state index in [9.17, 15) is 4.79 Å². The van der Waals surface area contributed by atoms with Crippen molar-refractivity contribution in [3.05, 3.63) is 82.6 Å². The maximum absolute atomic E-state index is 14.0. The minimum Gasteiger partial charge on any atom is -0.379 e. The predicted molar refractivity (Wildman–Crippen MR) is 145 cm³/mol. The molecule has 7 heteroatoms. The van der Waals surface area contributed by atoms with Gasteiger partial charge in [-0.3, -0.25) is 4.79 Å². The third-order valence-electron chi connectivity index (χ3n) is 9.55. The van der Waals surface area contributed by atoms with Crippen molar-refractivity contribution in [3.8, 4) is 0 Å². The minimum absolute atomic E-state index is 0.134. The number of aryl methyl sites for hydroxylation is 1. The first-order valence-electron chi connectivity index (χ1n) is 14.0. The Kier molecular flexibility index (Phi) is 4.90. The van der Waals surface area contributed by atoms with Crippen molar-refractivity contribution in [2.75, 3.05) is 31.2 Å². The van der Waals surface area contributed by atoms with Gasteiger partial charge in [0.05, 0.1) is 19.8 Å². The minimum atomic E-state index is -0.138. The van der Waals surface area contributed by atoms with Gasteiger partial charge in [0.25, 0.3) is 5.91 Å². The molecule has 3 aromatic rings. The van der Waals surface area contributed by atoms with Crippen LogP contribution in [0.2, 0.25) is 0 Å². The van der Waals surface area contributed by atoms with Crippen LogP contribution in [0.3, 0.4) is 0 Å². The Morgan fingerprint density at radius 3 is 2.55 bits per heavy atom. The number of ether oxygens (including phenoxy) is 1. The molecule has 1 saturated carbocycles. The quantitative estimate of drug-likeness (QED) is 0.494. The molecule has 5 aliphatic heterocycles. The van der Waals surface area contributed by atoms with Crippen molar-refractivity contribution in [1.82, 2.24) is 19.7 Å². The highest BCUT2D eigenvalue weighted by molar-refractivity contribution is 6.11. The number of allylic oxidation sites excluding steroid dienone is 1. The maximum atomic E-state index is 14.0. The average Bonchev–Trinajstić information content (AvgIpc) is 3.62. The molecule has 0 N–H and O–H groups in total. The molecular formula is C31H33N5O2. The van der Waals surface area contributed by atoms with Crippen LogP contribution in [0, 0.1) is 5.92 Å². The van der Waals surface area contributed by atoms with Gasteiger partial charge in [0.15, 0.2) is 0 Å². The van der Waals surface area contributed by atoms with Gasteiger partial charge < -0.3 is 19.1 Å². The zero-order chi connectivity index (χ0) is 25.4. The summed E-state index contributed by atoms with van der Waals surface area (Å²) in [7, 11) is 1.98. The molecule has 2 bridgehead atoms. The molecule has 38 heavy (non-hydrogen) atoms. The highest BCUT2D eigenvalue weighted by atomic mass is 16.5. The molecule has 6 aliphatic rings. The lowest BCUT2D eigenvalue weighted by atomic mass is 9.75. The van der Waals surface area contributed by atoms with Crippen LogP contribution >= 0.6 is 0 Å². The van der Waals surface area contributed by atoms with Gasteiger partial charge in [0, 0.05) is 49.4 Å². The molecule has 0 radical (unpaired) electrons. The SMILES string of the molecule is Cn1cnnc1CC1(c2cccc(N3Cc4c(cc(C5=CN6CCC5CC6)cc4C4CC4)C3=O)c2)COC1. The molecule has 2 aromatic carbocycles. The summed E-state index contributed by atoms with van der Waals surface area (Å²) in [6.07, 6.45) is 9.81. The summed E-state index contributed by atoms with van der Waals surface area (Å²) in [6.45, 7) is 4.30. The van der Waals surface area contributed by atoms with Crippen molar-refractivity contribution in [2.24, 2.45) is 13.0 Å². The van der Waals surface area contributed by atoms with Crippen molar-refractivity contribution >= 4 is 17.2 Å². The van der Waals surface area contributed by atoms with Crippen molar-refractivity contribution in [2.45, 2.75) is 50.0 Å². The van der Waals surface area contributed by atoms with E-state index in [-0.39, 0.29) is 11.3 Å². The predicted octanol–water partition coefficient (Wildman–Crippen LogP) is 4.43. The second kappa shape index (κ2) is 8.27. The highest BCUT2D eigenvalue weighted by Gasteiger charge is 2.43. The number of carbonyl (C=O) groups is 1. The number of amides is 1. The molecule has 7 nitrogen and oxygen atoms in total. The lowest BCUT2D eigenvalue weighted by Gasteiger charge is -2.42. The molecule has 2 saturated heterocycles. The number of hydrogen-bond acceptors (Lipinski definition) is 5. The van der Waals surface area contributed by atoms with Crippen LogP contribution in [0.4, 0.5) is 5.69 Å². The second-order valence-electron chi connectivity index (χ2n) is 12.0. The van der Waals surface area contributed by atoms with Crippen molar-refractivity contribution in [3.63, 3.8) is 0 Å². The summed E-state index contributed by atoms with van der Waals surface area (Å²) in [5, 5.41) is 8.39. The molecule has 0 atom stereocenters. The standard InChI is InChI=1S/C31H33N5O2/c1-34-19-32-33-29(34)14-31(17-38-18-31)23-3-2-4-24(13-23)36-16-28-25(20-5-6-20)11-22(12-26(28)30(36)37)27-15-35-9-7-21(27)8-10-35/h2-4,11-13,15,19-21H,5-10,14,16-18H2,1H3. The zero-order valence-electron chi connectivity index (χ0n) is 21.9. The fourth-order valence-corrected chi connectivity index (χ4v) is 7.02. The molecule has 3 fully saturated rings. The van der Waals surface area contributed by atoms with Gasteiger partial charge in [0.2, 0.25) is 0 Å². The van der Waals surface area contributed by atoms with E-state index < -0.39 is 0 Å². The van der Waals surface area contributed by atoms with E-state index in [0.717, 1.165) is 23.5 Å². The van der Waals surface area contributed by atoms with Gasteiger partial charge in [-0.15, -0.1) is 10.2 Å². The van der Waals surface area contributed by atoms with E-state index in [1.54, 1.807) is 6.33 Å². The molecule has 6 heterocycles. The normalized spacial score (nSPS) is 22.0. The zero-order valence-corrected chi connectivity index (χ0v) is 21.9. The smallest absolute Gasteiger partial charge is 0.258 e.